The van der Waals surface area contributed by atoms with E-state index in [4.69, 9.17) is 37.8 Å². The van der Waals surface area contributed by atoms with Gasteiger partial charge in [-0.05, 0) is 39.0 Å². The molecule has 128 valence electrons. The first kappa shape index (κ1) is 19.4. The van der Waals surface area contributed by atoms with E-state index >= 15 is 0 Å². The van der Waals surface area contributed by atoms with Gasteiger partial charge in [-0.15, -0.1) is 0 Å². The highest BCUT2D eigenvalue weighted by Gasteiger charge is 2.23. The molecule has 0 spiro atoms. The van der Waals surface area contributed by atoms with E-state index in [1.807, 2.05) is 0 Å². The molecule has 0 aliphatic rings. The second-order valence-corrected chi connectivity index (χ2v) is 6.62. The van der Waals surface area contributed by atoms with Crippen LogP contribution in [0.5, 0.6) is 5.75 Å². The molecule has 8 heteroatoms. The summed E-state index contributed by atoms with van der Waals surface area (Å²) in [6.45, 7) is 4.75. The highest BCUT2D eigenvalue weighted by molar-refractivity contribution is 6.34. The SMILES string of the molecule is CC(C)(C)OC(=O)N(CCOc1cc(Cl)cc(Cl)c1)CC(=O)O. The highest BCUT2D eigenvalue weighted by atomic mass is 35.5. The minimum Gasteiger partial charge on any atom is -0.492 e. The Kier molecular flexibility index (Phi) is 6.97. The van der Waals surface area contributed by atoms with E-state index in [9.17, 15) is 9.59 Å². The lowest BCUT2D eigenvalue weighted by Gasteiger charge is -2.26. The standard InChI is InChI=1S/C15H19Cl2NO5/c1-15(2,3)23-14(21)18(9-13(19)20)4-5-22-12-7-10(16)6-11(17)8-12/h6-8H,4-5,9H2,1-3H3,(H,19,20). The minimum absolute atomic E-state index is 0.0470. The first-order valence-corrected chi connectivity index (χ1v) is 7.61. The minimum atomic E-state index is -1.14. The van der Waals surface area contributed by atoms with Gasteiger partial charge in [-0.1, -0.05) is 23.2 Å². The summed E-state index contributed by atoms with van der Waals surface area (Å²) >= 11 is 11.7. The second kappa shape index (κ2) is 8.26. The van der Waals surface area contributed by atoms with Crippen LogP contribution in [-0.4, -0.2) is 47.4 Å². The van der Waals surface area contributed by atoms with E-state index in [-0.39, 0.29) is 13.2 Å². The van der Waals surface area contributed by atoms with Crippen molar-refractivity contribution in [3.8, 4) is 5.75 Å². The van der Waals surface area contributed by atoms with Crippen LogP contribution in [0.25, 0.3) is 0 Å². The fourth-order valence-corrected chi connectivity index (χ4v) is 2.12. The van der Waals surface area contributed by atoms with E-state index in [2.05, 4.69) is 0 Å². The molecule has 6 nitrogen and oxygen atoms in total. The van der Waals surface area contributed by atoms with Crippen molar-refractivity contribution in [3.05, 3.63) is 28.2 Å². The number of carbonyl (C=O) groups excluding carboxylic acids is 1. The first-order valence-electron chi connectivity index (χ1n) is 6.85. The normalized spacial score (nSPS) is 11.0. The summed E-state index contributed by atoms with van der Waals surface area (Å²) in [4.78, 5) is 23.9. The van der Waals surface area contributed by atoms with Gasteiger partial charge in [0, 0.05) is 10.0 Å². The number of benzene rings is 1. The number of ether oxygens (including phenoxy) is 2. The maximum Gasteiger partial charge on any atom is 0.410 e. The molecular weight excluding hydrogens is 345 g/mol. The van der Waals surface area contributed by atoms with Gasteiger partial charge in [0.2, 0.25) is 0 Å². The van der Waals surface area contributed by atoms with Crippen molar-refractivity contribution in [3.63, 3.8) is 0 Å². The van der Waals surface area contributed by atoms with Gasteiger partial charge in [0.15, 0.2) is 0 Å². The molecule has 0 unspecified atom stereocenters. The number of carboxylic acid groups (broad SMARTS) is 1. The predicted octanol–water partition coefficient (Wildman–Crippen LogP) is 3.69. The van der Waals surface area contributed by atoms with Gasteiger partial charge >= 0.3 is 12.1 Å². The molecule has 0 aliphatic heterocycles. The molecule has 23 heavy (non-hydrogen) atoms. The molecule has 0 fully saturated rings. The average Bonchev–Trinajstić information content (AvgIpc) is 2.33. The number of rotatable bonds is 6. The molecule has 0 radical (unpaired) electrons. The monoisotopic (exact) mass is 363 g/mol. The third-order valence-corrected chi connectivity index (χ3v) is 2.88. The Labute approximate surface area is 144 Å². The van der Waals surface area contributed by atoms with Gasteiger partial charge in [-0.25, -0.2) is 4.79 Å². The van der Waals surface area contributed by atoms with Crippen LogP contribution in [0, 0.1) is 0 Å². The van der Waals surface area contributed by atoms with Crippen LogP contribution < -0.4 is 4.74 Å². The molecule has 0 saturated heterocycles. The molecule has 0 aromatic heterocycles. The van der Waals surface area contributed by atoms with Crippen LogP contribution >= 0.6 is 23.2 Å². The lowest BCUT2D eigenvalue weighted by atomic mass is 10.2. The number of hydrogen-bond acceptors (Lipinski definition) is 4. The van der Waals surface area contributed by atoms with E-state index in [1.54, 1.807) is 39.0 Å². The summed E-state index contributed by atoms with van der Waals surface area (Å²) in [5.74, 6) is -0.705. The predicted molar refractivity (Wildman–Crippen MR) is 87.4 cm³/mol. The van der Waals surface area contributed by atoms with Crippen molar-refractivity contribution in [2.75, 3.05) is 19.7 Å². The fraction of sp³-hybridized carbons (Fsp3) is 0.467. The summed E-state index contributed by atoms with van der Waals surface area (Å²) in [5.41, 5.74) is -0.713. The molecule has 0 bridgehead atoms. The van der Waals surface area contributed by atoms with Crippen LogP contribution in [0.15, 0.2) is 18.2 Å². The Morgan fingerprint density at radius 2 is 1.74 bits per heavy atom. The molecule has 1 aromatic rings. The molecule has 0 saturated carbocycles. The number of nitrogens with zero attached hydrogens (tertiary/aromatic N) is 1. The Bertz CT molecular complexity index is 551. The van der Waals surface area contributed by atoms with Crippen LogP contribution in [0.3, 0.4) is 0 Å². The highest BCUT2D eigenvalue weighted by Crippen LogP contribution is 2.24. The maximum absolute atomic E-state index is 12.0. The van der Waals surface area contributed by atoms with Crippen molar-refractivity contribution in [1.82, 2.24) is 4.90 Å². The maximum atomic E-state index is 12.0. The zero-order valence-electron chi connectivity index (χ0n) is 13.1. The lowest BCUT2D eigenvalue weighted by molar-refractivity contribution is -0.138. The molecule has 0 atom stereocenters. The molecule has 1 rings (SSSR count). The summed E-state index contributed by atoms with van der Waals surface area (Å²) in [7, 11) is 0. The topological polar surface area (TPSA) is 76.1 Å². The van der Waals surface area contributed by atoms with Gasteiger partial charge in [0.1, 0.15) is 24.5 Å². The number of carbonyl (C=O) groups is 2. The van der Waals surface area contributed by atoms with Gasteiger partial charge in [-0.3, -0.25) is 9.69 Å². The third kappa shape index (κ3) is 7.95. The summed E-state index contributed by atoms with van der Waals surface area (Å²) in [6, 6.07) is 4.71. The molecule has 0 heterocycles. The van der Waals surface area contributed by atoms with Gasteiger partial charge < -0.3 is 14.6 Å². The van der Waals surface area contributed by atoms with Crippen LogP contribution in [-0.2, 0) is 9.53 Å². The molecule has 1 N–H and O–H groups in total. The van der Waals surface area contributed by atoms with Gasteiger partial charge in [-0.2, -0.15) is 0 Å². The Balaban J connectivity index is 2.63. The van der Waals surface area contributed by atoms with Crippen molar-refractivity contribution in [1.29, 1.82) is 0 Å². The zero-order chi connectivity index (χ0) is 17.6. The number of halogens is 2. The summed E-state index contributed by atoms with van der Waals surface area (Å²) < 4.78 is 10.6. The molecule has 0 aliphatic carbocycles. The average molecular weight is 364 g/mol. The van der Waals surface area contributed by atoms with Crippen LogP contribution in [0.2, 0.25) is 10.0 Å². The van der Waals surface area contributed by atoms with Crippen LogP contribution in [0.4, 0.5) is 4.79 Å². The van der Waals surface area contributed by atoms with Crippen LogP contribution in [0.1, 0.15) is 20.8 Å². The smallest absolute Gasteiger partial charge is 0.410 e. The third-order valence-electron chi connectivity index (χ3n) is 2.44. The summed E-state index contributed by atoms with van der Waals surface area (Å²) in [5, 5.41) is 9.73. The number of amides is 1. The van der Waals surface area contributed by atoms with Crippen molar-refractivity contribution < 1.29 is 24.2 Å². The number of aliphatic carboxylic acids is 1. The van der Waals surface area contributed by atoms with Gasteiger partial charge in [0.05, 0.1) is 6.54 Å². The van der Waals surface area contributed by atoms with E-state index < -0.39 is 24.2 Å². The lowest BCUT2D eigenvalue weighted by Crippen LogP contribution is -2.41. The Hall–Kier alpha value is -1.66. The van der Waals surface area contributed by atoms with E-state index in [0.717, 1.165) is 4.90 Å². The molecule has 1 aromatic carbocycles. The zero-order valence-corrected chi connectivity index (χ0v) is 14.6. The number of carboxylic acids is 1. The Morgan fingerprint density at radius 3 is 2.22 bits per heavy atom. The number of hydrogen-bond donors (Lipinski definition) is 1. The van der Waals surface area contributed by atoms with Gasteiger partial charge in [0.25, 0.3) is 0 Å². The summed E-state index contributed by atoms with van der Waals surface area (Å²) in [6.07, 6.45) is -0.715. The van der Waals surface area contributed by atoms with E-state index in [0.29, 0.717) is 15.8 Å². The molecule has 1 amide bonds. The van der Waals surface area contributed by atoms with Crippen molar-refractivity contribution in [2.45, 2.75) is 26.4 Å². The quantitative estimate of drug-likeness (QED) is 0.833. The van der Waals surface area contributed by atoms with Crippen molar-refractivity contribution in [2.24, 2.45) is 0 Å². The molecular formula is C15H19Cl2NO5. The largest absolute Gasteiger partial charge is 0.492 e. The van der Waals surface area contributed by atoms with Crippen molar-refractivity contribution >= 4 is 35.3 Å². The van der Waals surface area contributed by atoms with E-state index in [1.165, 1.54) is 0 Å². The fourth-order valence-electron chi connectivity index (χ4n) is 1.61. The Morgan fingerprint density at radius 1 is 1.17 bits per heavy atom. The first-order chi connectivity index (χ1) is 10.6. The second-order valence-electron chi connectivity index (χ2n) is 5.75.